The molecule has 0 aliphatic carbocycles. The van der Waals surface area contributed by atoms with Crippen LogP contribution < -0.4 is 4.74 Å². The molecule has 0 saturated heterocycles. The van der Waals surface area contributed by atoms with Crippen LogP contribution in [0.3, 0.4) is 0 Å². The van der Waals surface area contributed by atoms with E-state index in [0.29, 0.717) is 27.2 Å². The summed E-state index contributed by atoms with van der Waals surface area (Å²) in [5, 5.41) is 18.5. The van der Waals surface area contributed by atoms with E-state index in [1.807, 2.05) is 0 Å². The van der Waals surface area contributed by atoms with E-state index < -0.39 is 6.10 Å². The number of halogens is 2. The molecule has 6 heteroatoms. The standard InChI is InChI=1S/C10H13Cl2NO3/c1-5-8(11)10(9(12)6(2)13-5)16-4-7(15)3-14/h7,14-15H,3-4H2,1-2H3. The highest BCUT2D eigenvalue weighted by Crippen LogP contribution is 2.36. The van der Waals surface area contributed by atoms with Crippen molar-refractivity contribution in [3.8, 4) is 5.75 Å². The van der Waals surface area contributed by atoms with Gasteiger partial charge in [-0.05, 0) is 13.8 Å². The van der Waals surface area contributed by atoms with E-state index in [2.05, 4.69) is 4.98 Å². The first-order chi connectivity index (χ1) is 7.47. The lowest BCUT2D eigenvalue weighted by Gasteiger charge is -2.14. The summed E-state index contributed by atoms with van der Waals surface area (Å²) >= 11 is 12.0. The van der Waals surface area contributed by atoms with Crippen LogP contribution in [-0.4, -0.2) is 34.5 Å². The van der Waals surface area contributed by atoms with Gasteiger partial charge in [0.1, 0.15) is 22.8 Å². The second-order valence-electron chi connectivity index (χ2n) is 3.39. The van der Waals surface area contributed by atoms with Gasteiger partial charge in [0.25, 0.3) is 0 Å². The van der Waals surface area contributed by atoms with Gasteiger partial charge >= 0.3 is 0 Å². The molecule has 1 atom stereocenters. The molecule has 0 amide bonds. The fraction of sp³-hybridized carbons (Fsp3) is 0.500. The molecule has 0 saturated carbocycles. The number of aromatic nitrogens is 1. The number of nitrogens with zero attached hydrogens (tertiary/aromatic N) is 1. The van der Waals surface area contributed by atoms with E-state index in [-0.39, 0.29) is 13.2 Å². The fourth-order valence-electron chi connectivity index (χ4n) is 1.13. The van der Waals surface area contributed by atoms with Gasteiger partial charge in [0.05, 0.1) is 18.0 Å². The third kappa shape index (κ3) is 2.98. The minimum Gasteiger partial charge on any atom is -0.488 e. The average molecular weight is 266 g/mol. The normalized spacial score (nSPS) is 12.6. The second-order valence-corrected chi connectivity index (χ2v) is 4.14. The predicted molar refractivity (Wildman–Crippen MR) is 62.3 cm³/mol. The van der Waals surface area contributed by atoms with Crippen LogP contribution in [0.4, 0.5) is 0 Å². The summed E-state index contributed by atoms with van der Waals surface area (Å²) < 4.78 is 5.27. The third-order valence-corrected chi connectivity index (χ3v) is 2.89. The van der Waals surface area contributed by atoms with E-state index in [4.69, 9.17) is 38.2 Å². The Labute approximate surface area is 104 Å². The highest BCUT2D eigenvalue weighted by Gasteiger charge is 2.15. The van der Waals surface area contributed by atoms with Gasteiger partial charge in [0.15, 0.2) is 5.75 Å². The van der Waals surface area contributed by atoms with Crippen molar-refractivity contribution >= 4 is 23.2 Å². The van der Waals surface area contributed by atoms with Gasteiger partial charge in [-0.3, -0.25) is 4.98 Å². The van der Waals surface area contributed by atoms with Crippen LogP contribution in [0.25, 0.3) is 0 Å². The van der Waals surface area contributed by atoms with Crippen LogP contribution in [0.5, 0.6) is 5.75 Å². The van der Waals surface area contributed by atoms with Crippen molar-refractivity contribution in [2.24, 2.45) is 0 Å². The minimum absolute atomic E-state index is 0.0706. The van der Waals surface area contributed by atoms with Gasteiger partial charge in [-0.1, -0.05) is 23.2 Å². The molecule has 1 aromatic heterocycles. The van der Waals surface area contributed by atoms with Crippen molar-refractivity contribution in [2.45, 2.75) is 20.0 Å². The number of hydrogen-bond acceptors (Lipinski definition) is 4. The van der Waals surface area contributed by atoms with Crippen molar-refractivity contribution in [1.29, 1.82) is 0 Å². The first-order valence-corrected chi connectivity index (χ1v) is 5.46. The van der Waals surface area contributed by atoms with Crippen LogP contribution in [0.2, 0.25) is 10.0 Å². The van der Waals surface area contributed by atoms with Gasteiger partial charge in [-0.25, -0.2) is 0 Å². The molecule has 4 nitrogen and oxygen atoms in total. The Morgan fingerprint density at radius 1 is 1.25 bits per heavy atom. The smallest absolute Gasteiger partial charge is 0.160 e. The molecule has 0 aliphatic rings. The Kier molecular flexibility index (Phi) is 4.80. The topological polar surface area (TPSA) is 62.6 Å². The lowest BCUT2D eigenvalue weighted by Crippen LogP contribution is -2.21. The van der Waals surface area contributed by atoms with E-state index in [1.54, 1.807) is 13.8 Å². The quantitative estimate of drug-likeness (QED) is 0.871. The number of aliphatic hydroxyl groups excluding tert-OH is 2. The van der Waals surface area contributed by atoms with E-state index in [1.165, 1.54) is 0 Å². The summed E-state index contributed by atoms with van der Waals surface area (Å²) in [5.41, 5.74) is 1.22. The lowest BCUT2D eigenvalue weighted by atomic mass is 10.3. The van der Waals surface area contributed by atoms with Crippen molar-refractivity contribution < 1.29 is 14.9 Å². The number of aryl methyl sites for hydroxylation is 2. The molecule has 0 fully saturated rings. The molecular formula is C10H13Cl2NO3. The van der Waals surface area contributed by atoms with Crippen molar-refractivity contribution in [3.05, 3.63) is 21.4 Å². The minimum atomic E-state index is -0.957. The summed E-state index contributed by atoms with van der Waals surface area (Å²) in [6.07, 6.45) is -0.957. The van der Waals surface area contributed by atoms with E-state index in [0.717, 1.165) is 0 Å². The summed E-state index contributed by atoms with van der Waals surface area (Å²) in [5.74, 6) is 0.292. The van der Waals surface area contributed by atoms with Crippen LogP contribution in [-0.2, 0) is 0 Å². The maximum absolute atomic E-state index is 9.16. The highest BCUT2D eigenvalue weighted by molar-refractivity contribution is 6.37. The Morgan fingerprint density at radius 3 is 2.19 bits per heavy atom. The molecule has 2 N–H and O–H groups in total. The number of aliphatic hydroxyl groups is 2. The van der Waals surface area contributed by atoms with Crippen LogP contribution >= 0.6 is 23.2 Å². The summed E-state index contributed by atoms with van der Waals surface area (Å²) in [4.78, 5) is 4.12. The van der Waals surface area contributed by atoms with Crippen LogP contribution in [0.1, 0.15) is 11.4 Å². The Morgan fingerprint density at radius 2 is 1.75 bits per heavy atom. The van der Waals surface area contributed by atoms with E-state index >= 15 is 0 Å². The van der Waals surface area contributed by atoms with Crippen LogP contribution in [0, 0.1) is 13.8 Å². The molecule has 1 unspecified atom stereocenters. The van der Waals surface area contributed by atoms with Crippen molar-refractivity contribution in [3.63, 3.8) is 0 Å². The largest absolute Gasteiger partial charge is 0.488 e. The van der Waals surface area contributed by atoms with Gasteiger partial charge in [0, 0.05) is 0 Å². The molecule has 1 rings (SSSR count). The fourth-order valence-corrected chi connectivity index (χ4v) is 1.56. The number of hydrogen-bond donors (Lipinski definition) is 2. The predicted octanol–water partition coefficient (Wildman–Crippen LogP) is 1.74. The average Bonchev–Trinajstić information content (AvgIpc) is 2.26. The summed E-state index contributed by atoms with van der Waals surface area (Å²) in [7, 11) is 0. The Hall–Kier alpha value is -0.550. The molecule has 0 bridgehead atoms. The SMILES string of the molecule is Cc1nc(C)c(Cl)c(OCC(O)CO)c1Cl. The third-order valence-electron chi connectivity index (χ3n) is 2.00. The zero-order valence-corrected chi connectivity index (χ0v) is 10.5. The van der Waals surface area contributed by atoms with Crippen LogP contribution in [0.15, 0.2) is 0 Å². The maximum atomic E-state index is 9.16. The zero-order chi connectivity index (χ0) is 12.3. The zero-order valence-electron chi connectivity index (χ0n) is 9.00. The first-order valence-electron chi connectivity index (χ1n) is 4.71. The summed E-state index contributed by atoms with van der Waals surface area (Å²) in [6, 6.07) is 0. The van der Waals surface area contributed by atoms with Crippen molar-refractivity contribution in [1.82, 2.24) is 4.98 Å². The van der Waals surface area contributed by atoms with Gasteiger partial charge in [-0.15, -0.1) is 0 Å². The number of rotatable bonds is 4. The van der Waals surface area contributed by atoms with Gasteiger partial charge in [-0.2, -0.15) is 0 Å². The molecule has 0 radical (unpaired) electrons. The molecular weight excluding hydrogens is 253 g/mol. The van der Waals surface area contributed by atoms with Gasteiger partial charge < -0.3 is 14.9 Å². The number of pyridine rings is 1. The van der Waals surface area contributed by atoms with Gasteiger partial charge in [0.2, 0.25) is 0 Å². The monoisotopic (exact) mass is 265 g/mol. The molecule has 0 aliphatic heterocycles. The van der Waals surface area contributed by atoms with E-state index in [9.17, 15) is 0 Å². The molecule has 1 aromatic rings. The lowest BCUT2D eigenvalue weighted by molar-refractivity contribution is 0.0536. The number of ether oxygens (including phenoxy) is 1. The molecule has 16 heavy (non-hydrogen) atoms. The highest BCUT2D eigenvalue weighted by atomic mass is 35.5. The molecule has 1 heterocycles. The molecule has 0 spiro atoms. The second kappa shape index (κ2) is 5.68. The Balaban J connectivity index is 2.94. The molecule has 0 aromatic carbocycles. The molecule has 90 valence electrons. The van der Waals surface area contributed by atoms with Crippen molar-refractivity contribution in [2.75, 3.05) is 13.2 Å². The first kappa shape index (κ1) is 13.5. The summed E-state index contributed by atoms with van der Waals surface area (Å²) in [6.45, 7) is 3.03. The Bertz CT molecular complexity index is 359. The maximum Gasteiger partial charge on any atom is 0.160 e.